The molecule has 1 fully saturated rings. The van der Waals surface area contributed by atoms with Gasteiger partial charge in [-0.15, -0.1) is 0 Å². The van der Waals surface area contributed by atoms with Crippen LogP contribution in [-0.2, 0) is 6.54 Å². The zero-order chi connectivity index (χ0) is 15.5. The van der Waals surface area contributed by atoms with Crippen LogP contribution in [0.4, 0.5) is 10.1 Å². The maximum Gasteiger partial charge on any atom is 0.274 e. The summed E-state index contributed by atoms with van der Waals surface area (Å²) in [6, 6.07) is 3.70. The third kappa shape index (κ3) is 2.99. The molecule has 22 heavy (non-hydrogen) atoms. The van der Waals surface area contributed by atoms with Gasteiger partial charge in [0.05, 0.1) is 11.0 Å². The number of hydrogen-bond donors (Lipinski definition) is 1. The number of nitrogens with one attached hydrogen (secondary N) is 1. The molecule has 2 heterocycles. The Kier molecular flexibility index (Phi) is 4.15. The number of aromatic nitrogens is 2. The second kappa shape index (κ2) is 6.23. The van der Waals surface area contributed by atoms with Crippen LogP contribution in [0.1, 0.15) is 36.7 Å². The summed E-state index contributed by atoms with van der Waals surface area (Å²) < 4.78 is 13.5. The summed E-state index contributed by atoms with van der Waals surface area (Å²) >= 11 is 0. The Balaban J connectivity index is 1.87. The van der Waals surface area contributed by atoms with Gasteiger partial charge in [0.25, 0.3) is 5.69 Å². The fourth-order valence-electron chi connectivity index (χ4n) is 3.03. The van der Waals surface area contributed by atoms with E-state index in [4.69, 9.17) is 0 Å². The van der Waals surface area contributed by atoms with Gasteiger partial charge in [-0.3, -0.25) is 15.0 Å². The van der Waals surface area contributed by atoms with E-state index in [1.54, 1.807) is 12.4 Å². The number of rotatable bonds is 4. The van der Waals surface area contributed by atoms with Crippen LogP contribution < -0.4 is 0 Å². The number of nitro groups is 1. The van der Waals surface area contributed by atoms with Crippen LogP contribution in [0.5, 0.6) is 0 Å². The van der Waals surface area contributed by atoms with Crippen molar-refractivity contribution in [3.05, 3.63) is 57.9 Å². The monoisotopic (exact) mass is 304 g/mol. The quantitative estimate of drug-likeness (QED) is 0.695. The van der Waals surface area contributed by atoms with E-state index in [0.717, 1.165) is 37.7 Å². The van der Waals surface area contributed by atoms with Crippen LogP contribution in [0.3, 0.4) is 0 Å². The van der Waals surface area contributed by atoms with Crippen LogP contribution in [0.15, 0.2) is 30.6 Å². The van der Waals surface area contributed by atoms with E-state index >= 15 is 0 Å². The lowest BCUT2D eigenvalue weighted by Crippen LogP contribution is -2.33. The van der Waals surface area contributed by atoms with Crippen LogP contribution in [0.25, 0.3) is 0 Å². The highest BCUT2D eigenvalue weighted by atomic mass is 19.1. The van der Waals surface area contributed by atoms with Crippen molar-refractivity contribution in [2.75, 3.05) is 6.54 Å². The second-order valence-electron chi connectivity index (χ2n) is 5.49. The molecule has 1 atom stereocenters. The van der Waals surface area contributed by atoms with Gasteiger partial charge in [0, 0.05) is 30.6 Å². The van der Waals surface area contributed by atoms with Gasteiger partial charge < -0.3 is 4.98 Å². The largest absolute Gasteiger partial charge is 0.347 e. The normalized spacial score (nSPS) is 19.2. The number of aromatic amines is 1. The van der Waals surface area contributed by atoms with Crippen molar-refractivity contribution in [1.82, 2.24) is 14.9 Å². The Labute approximate surface area is 127 Å². The molecule has 0 aliphatic carbocycles. The standard InChI is InChI=1S/C15H17FN4O2/c16-12-4-5-13(20(21)22)11(9-12)10-19-8-2-1-3-14(19)15-17-6-7-18-15/h4-7,9,14H,1-3,8,10H2,(H,17,18)/t14-/m0/s1. The number of nitro benzene ring substituents is 1. The van der Waals surface area contributed by atoms with Gasteiger partial charge in [-0.1, -0.05) is 6.42 Å². The molecule has 1 aliphatic rings. The van der Waals surface area contributed by atoms with Crippen molar-refractivity contribution in [2.45, 2.75) is 31.8 Å². The van der Waals surface area contributed by atoms with Crippen molar-refractivity contribution in [3.63, 3.8) is 0 Å². The molecule has 0 spiro atoms. The number of H-pyrrole nitrogens is 1. The Hall–Kier alpha value is -2.28. The fraction of sp³-hybridized carbons (Fsp3) is 0.400. The highest BCUT2D eigenvalue weighted by molar-refractivity contribution is 5.40. The number of hydrogen-bond acceptors (Lipinski definition) is 4. The molecule has 1 aromatic heterocycles. The summed E-state index contributed by atoms with van der Waals surface area (Å²) in [6.45, 7) is 1.17. The molecule has 0 radical (unpaired) electrons. The van der Waals surface area contributed by atoms with Crippen molar-refractivity contribution in [1.29, 1.82) is 0 Å². The zero-order valence-corrected chi connectivity index (χ0v) is 12.0. The zero-order valence-electron chi connectivity index (χ0n) is 12.0. The Morgan fingerprint density at radius 3 is 3.05 bits per heavy atom. The van der Waals surface area contributed by atoms with Gasteiger partial charge >= 0.3 is 0 Å². The molecule has 7 heteroatoms. The van der Waals surface area contributed by atoms with Gasteiger partial charge in [-0.2, -0.15) is 0 Å². The highest BCUT2D eigenvalue weighted by Crippen LogP contribution is 2.32. The summed E-state index contributed by atoms with van der Waals surface area (Å²) in [6.07, 6.45) is 6.53. The fourth-order valence-corrected chi connectivity index (χ4v) is 3.03. The maximum absolute atomic E-state index is 13.5. The van der Waals surface area contributed by atoms with Crippen LogP contribution in [0, 0.1) is 15.9 Å². The maximum atomic E-state index is 13.5. The first-order chi connectivity index (χ1) is 10.6. The minimum absolute atomic E-state index is 0.0369. The van der Waals surface area contributed by atoms with Crippen molar-refractivity contribution >= 4 is 5.69 Å². The molecular weight excluding hydrogens is 287 g/mol. The van der Waals surface area contributed by atoms with E-state index < -0.39 is 10.7 Å². The smallest absolute Gasteiger partial charge is 0.274 e. The summed E-state index contributed by atoms with van der Waals surface area (Å²) in [4.78, 5) is 20.2. The van der Waals surface area contributed by atoms with Crippen molar-refractivity contribution in [2.24, 2.45) is 0 Å². The SMILES string of the molecule is O=[N+]([O-])c1ccc(F)cc1CN1CCCC[C@H]1c1ncc[nH]1. The number of halogens is 1. The molecule has 1 saturated heterocycles. The number of imidazole rings is 1. The summed E-state index contributed by atoms with van der Waals surface area (Å²) in [5.41, 5.74) is 0.369. The molecule has 3 rings (SSSR count). The first-order valence-corrected chi connectivity index (χ1v) is 7.31. The molecule has 0 amide bonds. The predicted molar refractivity (Wildman–Crippen MR) is 78.6 cm³/mol. The molecule has 0 saturated carbocycles. The predicted octanol–water partition coefficient (Wildman–Crippen LogP) is 3.18. The van der Waals surface area contributed by atoms with Gasteiger partial charge in [-0.25, -0.2) is 9.37 Å². The number of benzene rings is 1. The Morgan fingerprint density at radius 1 is 1.45 bits per heavy atom. The molecule has 1 N–H and O–H groups in total. The molecule has 1 aromatic carbocycles. The third-order valence-electron chi connectivity index (χ3n) is 4.06. The third-order valence-corrected chi connectivity index (χ3v) is 4.06. The molecule has 1 aliphatic heterocycles. The van der Waals surface area contributed by atoms with Crippen molar-refractivity contribution in [3.8, 4) is 0 Å². The Morgan fingerprint density at radius 2 is 2.32 bits per heavy atom. The molecule has 2 aromatic rings. The number of nitrogens with zero attached hydrogens (tertiary/aromatic N) is 3. The molecule has 116 valence electrons. The molecule has 0 unspecified atom stereocenters. The van der Waals surface area contributed by atoms with E-state index in [2.05, 4.69) is 14.9 Å². The van der Waals surface area contributed by atoms with E-state index in [1.165, 1.54) is 12.1 Å². The van der Waals surface area contributed by atoms with Gasteiger partial charge in [0.2, 0.25) is 0 Å². The average Bonchev–Trinajstić information content (AvgIpc) is 3.01. The highest BCUT2D eigenvalue weighted by Gasteiger charge is 2.28. The minimum Gasteiger partial charge on any atom is -0.347 e. The molecule has 0 bridgehead atoms. The summed E-state index contributed by atoms with van der Waals surface area (Å²) in [5, 5.41) is 11.1. The first-order valence-electron chi connectivity index (χ1n) is 7.31. The minimum atomic E-state index is -0.458. The Bertz CT molecular complexity index is 660. The van der Waals surface area contributed by atoms with E-state index in [1.807, 2.05) is 0 Å². The van der Waals surface area contributed by atoms with Crippen LogP contribution in [0.2, 0.25) is 0 Å². The molecular formula is C15H17FN4O2. The molecule has 6 nitrogen and oxygen atoms in total. The van der Waals surface area contributed by atoms with Gasteiger partial charge in [0.15, 0.2) is 0 Å². The summed E-state index contributed by atoms with van der Waals surface area (Å²) in [7, 11) is 0. The van der Waals surface area contributed by atoms with Crippen LogP contribution in [-0.4, -0.2) is 26.3 Å². The lowest BCUT2D eigenvalue weighted by molar-refractivity contribution is -0.385. The summed E-state index contributed by atoms with van der Waals surface area (Å²) in [5.74, 6) is 0.408. The van der Waals surface area contributed by atoms with E-state index in [9.17, 15) is 14.5 Å². The topological polar surface area (TPSA) is 75.1 Å². The van der Waals surface area contributed by atoms with Crippen molar-refractivity contribution < 1.29 is 9.31 Å². The first kappa shape index (κ1) is 14.6. The van der Waals surface area contributed by atoms with E-state index in [0.29, 0.717) is 12.1 Å². The van der Waals surface area contributed by atoms with E-state index in [-0.39, 0.29) is 11.7 Å². The lowest BCUT2D eigenvalue weighted by Gasteiger charge is -2.34. The number of likely N-dealkylation sites (tertiary alicyclic amines) is 1. The second-order valence-corrected chi connectivity index (χ2v) is 5.49. The van der Waals surface area contributed by atoms with Gasteiger partial charge in [0.1, 0.15) is 11.6 Å². The average molecular weight is 304 g/mol. The lowest BCUT2D eigenvalue weighted by atomic mass is 10.00. The number of piperidine rings is 1. The van der Waals surface area contributed by atoms with Gasteiger partial charge in [-0.05, 0) is 31.5 Å². The van der Waals surface area contributed by atoms with Crippen LogP contribution >= 0.6 is 0 Å².